The van der Waals surface area contributed by atoms with E-state index in [4.69, 9.17) is 33.4 Å². The van der Waals surface area contributed by atoms with Gasteiger partial charge in [0.1, 0.15) is 49.5 Å². The summed E-state index contributed by atoms with van der Waals surface area (Å²) in [6, 6.07) is 2.43. The molecule has 0 heterocycles. The van der Waals surface area contributed by atoms with E-state index in [9.17, 15) is 44.0 Å². The fourth-order valence-electron chi connectivity index (χ4n) is 5.52. The van der Waals surface area contributed by atoms with Crippen LogP contribution in [0.1, 0.15) is 139 Å². The monoisotopic (exact) mass is 950 g/mol. The summed E-state index contributed by atoms with van der Waals surface area (Å²) in [5.74, 6) is 26.8. The second-order valence-electron chi connectivity index (χ2n) is 13.9. The molecule has 0 saturated heterocycles. The summed E-state index contributed by atoms with van der Waals surface area (Å²) in [7, 11) is -10.5. The van der Waals surface area contributed by atoms with Crippen LogP contribution in [-0.2, 0) is 41.8 Å². The van der Waals surface area contributed by atoms with E-state index >= 15 is 0 Å². The average Bonchev–Trinajstić information content (AvgIpc) is 3.23. The number of phosphoric acid groups is 2. The van der Waals surface area contributed by atoms with Gasteiger partial charge in [-0.2, -0.15) is 0 Å². The normalized spacial score (nSPS) is 20.0. The molecule has 9 N–H and O–H groups in total. The highest BCUT2D eigenvalue weighted by Crippen LogP contribution is 2.49. The Kier molecular flexibility index (Phi) is 34.4. The van der Waals surface area contributed by atoms with Crippen LogP contribution in [0.3, 0.4) is 0 Å². The standard InChI is InChI=1S/C26H52O16P2.C17H11NO.11H2/c1-2-3-4-5-6-7-8-9-10-11-12-13-14-15-20(28)40-19(16-38-18-27)17-39-44(36,37)42-26-23(31)21(29)22(30)25(24(26)32)41-43(33,34)35;1-3-5-6-7-8-9-10-11-12-13-14-16-18-17(19)15-4-2;;;;;;;;;;;/h19,21-27,29-32H,2-18H2,1H3,(H,36,37)(H2,33,34,35);4,15H2,1-2H3,(H,18,19);11*1H/t19-,21-,22+,23?,24+,25?,26?;;;;;;;;;;;;/m1............/s1. The first-order valence-electron chi connectivity index (χ1n) is 20.7. The van der Waals surface area contributed by atoms with Gasteiger partial charge in [-0.25, -0.2) is 9.13 Å². The molecule has 1 fully saturated rings. The minimum absolute atomic E-state index is 0. The van der Waals surface area contributed by atoms with Gasteiger partial charge < -0.3 is 49.7 Å². The Morgan fingerprint density at radius 3 is 1.57 bits per heavy atom. The fourth-order valence-corrected chi connectivity index (χ4v) is 7.06. The first-order chi connectivity index (χ1) is 30.0. The van der Waals surface area contributed by atoms with Gasteiger partial charge >= 0.3 is 21.6 Å². The number of hydrogen-bond acceptors (Lipinski definition) is 14. The fraction of sp³-hybridized carbons (Fsp3) is 0.674. The predicted molar refractivity (Wildman–Crippen MR) is 253 cm³/mol. The predicted octanol–water partition coefficient (Wildman–Crippen LogP) is 5.39. The molecule has 63 heavy (non-hydrogen) atoms. The van der Waals surface area contributed by atoms with Crippen molar-refractivity contribution in [2.45, 2.75) is 166 Å². The minimum Gasteiger partial charge on any atom is -0.457 e. The Morgan fingerprint density at radius 2 is 1.10 bits per heavy atom. The second-order valence-corrected chi connectivity index (χ2v) is 16.5. The summed E-state index contributed by atoms with van der Waals surface area (Å²) >= 11 is 0. The van der Waals surface area contributed by atoms with Gasteiger partial charge in [0, 0.05) is 64.2 Å². The molecule has 1 aliphatic rings. The van der Waals surface area contributed by atoms with E-state index in [2.05, 4.69) is 87.9 Å². The van der Waals surface area contributed by atoms with E-state index in [0.29, 0.717) is 12.8 Å². The van der Waals surface area contributed by atoms with Crippen molar-refractivity contribution in [3.8, 4) is 71.2 Å². The van der Waals surface area contributed by atoms with E-state index in [1.807, 2.05) is 6.92 Å². The van der Waals surface area contributed by atoms with Gasteiger partial charge in [-0.15, -0.1) is 0 Å². The van der Waals surface area contributed by atoms with Crippen LogP contribution in [-0.4, -0.2) is 115 Å². The molecule has 1 saturated carbocycles. The smallest absolute Gasteiger partial charge is 0.457 e. The third-order valence-electron chi connectivity index (χ3n) is 8.59. The summed E-state index contributed by atoms with van der Waals surface area (Å²) in [4.78, 5) is 51.4. The quantitative estimate of drug-likeness (QED) is 0.0125. The molecular formula is C43H85NO17P2. The van der Waals surface area contributed by atoms with Crippen LogP contribution < -0.4 is 5.32 Å². The number of rotatable bonds is 27. The van der Waals surface area contributed by atoms with Crippen LogP contribution >= 0.6 is 15.6 Å². The molecule has 8 atom stereocenters. The third-order valence-corrected chi connectivity index (χ3v) is 10.1. The van der Waals surface area contributed by atoms with E-state index in [0.717, 1.165) is 32.1 Å². The molecule has 0 aromatic rings. The molecule has 1 amide bonds. The summed E-state index contributed by atoms with van der Waals surface area (Å²) in [5, 5.41) is 51.7. The van der Waals surface area contributed by atoms with Crippen molar-refractivity contribution in [1.82, 2.24) is 5.32 Å². The number of carbonyl (C=O) groups is 2. The summed E-state index contributed by atoms with van der Waals surface area (Å²) < 4.78 is 47.5. The third kappa shape index (κ3) is 31.7. The molecular weight excluding hydrogens is 864 g/mol. The molecule has 0 radical (unpaired) electrons. The Bertz CT molecular complexity index is 1860. The van der Waals surface area contributed by atoms with Crippen molar-refractivity contribution < 1.29 is 97.7 Å². The molecule has 0 aliphatic heterocycles. The number of esters is 1. The van der Waals surface area contributed by atoms with E-state index in [1.54, 1.807) is 6.92 Å². The van der Waals surface area contributed by atoms with Crippen LogP contribution in [0.4, 0.5) is 0 Å². The number of hydrogen-bond donors (Lipinski definition) is 9. The topological polar surface area (TPSA) is 288 Å². The molecule has 0 aromatic heterocycles. The number of ether oxygens (including phenoxy) is 2. The van der Waals surface area contributed by atoms with E-state index in [-0.39, 0.29) is 28.0 Å². The number of nitrogens with one attached hydrogen (secondary N) is 1. The number of aliphatic hydroxyl groups excluding tert-OH is 5. The summed E-state index contributed by atoms with van der Waals surface area (Å²) in [5.41, 5.74) is 0. The average molecular weight is 950 g/mol. The largest absolute Gasteiger partial charge is 0.472 e. The van der Waals surface area contributed by atoms with Crippen molar-refractivity contribution in [3.05, 3.63) is 0 Å². The van der Waals surface area contributed by atoms with Gasteiger partial charge in [-0.1, -0.05) is 96.8 Å². The highest BCUT2D eigenvalue weighted by atomic mass is 31.2. The maximum absolute atomic E-state index is 12.5. The Hall–Kier alpha value is -3.72. The number of unbranched alkanes of at least 4 members (excludes halogenated alkanes) is 12. The van der Waals surface area contributed by atoms with Crippen molar-refractivity contribution in [1.29, 1.82) is 0 Å². The molecule has 0 bridgehead atoms. The van der Waals surface area contributed by atoms with Gasteiger partial charge in [0.25, 0.3) is 0 Å². The lowest BCUT2D eigenvalue weighted by Gasteiger charge is -2.43. The zero-order valence-electron chi connectivity index (χ0n) is 36.1. The van der Waals surface area contributed by atoms with Gasteiger partial charge in [0.05, 0.1) is 13.2 Å². The Balaban J connectivity index is -0.000000111. The van der Waals surface area contributed by atoms with Gasteiger partial charge in [-0.3, -0.25) is 28.5 Å². The van der Waals surface area contributed by atoms with Crippen LogP contribution in [0.15, 0.2) is 0 Å². The van der Waals surface area contributed by atoms with Gasteiger partial charge in [0.2, 0.25) is 5.91 Å². The molecule has 0 aromatic carbocycles. The molecule has 4 unspecified atom stereocenters. The van der Waals surface area contributed by atoms with Gasteiger partial charge in [0.15, 0.2) is 0 Å². The first kappa shape index (κ1) is 59.3. The number of amides is 1. The lowest BCUT2D eigenvalue weighted by Crippen LogP contribution is -2.64. The lowest BCUT2D eigenvalue weighted by atomic mass is 9.85. The zero-order valence-corrected chi connectivity index (χ0v) is 37.9. The highest BCUT2D eigenvalue weighted by molar-refractivity contribution is 7.47. The molecule has 1 aliphatic carbocycles. The van der Waals surface area contributed by atoms with Crippen LogP contribution in [0.25, 0.3) is 0 Å². The second kappa shape index (κ2) is 36.6. The molecule has 18 nitrogen and oxygen atoms in total. The maximum Gasteiger partial charge on any atom is 0.472 e. The molecule has 20 heteroatoms. The highest BCUT2D eigenvalue weighted by Gasteiger charge is 2.54. The van der Waals surface area contributed by atoms with Crippen LogP contribution in [0, 0.1) is 71.2 Å². The minimum atomic E-state index is -5.32. The first-order valence-corrected chi connectivity index (χ1v) is 23.8. The van der Waals surface area contributed by atoms with Crippen molar-refractivity contribution >= 4 is 27.5 Å². The van der Waals surface area contributed by atoms with Crippen molar-refractivity contribution in [2.75, 3.05) is 20.0 Å². The molecule has 1 rings (SSSR count). The van der Waals surface area contributed by atoms with E-state index < -0.39 is 84.3 Å². The lowest BCUT2D eigenvalue weighted by molar-refractivity contribution is -0.216. The SMILES string of the molecule is CC#CC#CC#CC#CC#CC#CNC(=O)CCC.CCCCCCCCCCCCCCCC(=O)O[C@H](COCO)COP(=O)(O)OC1C(O)[C@H](O)[C@H](O)C(OP(=O)(O)O)[C@@H]1O.[HH].[HH].[HH].[HH].[HH].[HH].[HH].[HH].[HH].[HH].[HH]. The zero-order chi connectivity index (χ0) is 47.4. The van der Waals surface area contributed by atoms with Crippen molar-refractivity contribution in [3.63, 3.8) is 0 Å². The molecule has 0 spiro atoms. The van der Waals surface area contributed by atoms with Gasteiger partial charge in [-0.05, 0) is 49.4 Å². The summed E-state index contributed by atoms with van der Waals surface area (Å²) in [6.45, 7) is 3.87. The summed E-state index contributed by atoms with van der Waals surface area (Å²) in [6.07, 6.45) is 1.50. The maximum atomic E-state index is 12.5. The van der Waals surface area contributed by atoms with Crippen LogP contribution in [0.2, 0.25) is 0 Å². The van der Waals surface area contributed by atoms with Crippen molar-refractivity contribution in [2.24, 2.45) is 0 Å². The Labute approximate surface area is 387 Å². The Morgan fingerprint density at radius 1 is 0.619 bits per heavy atom. The number of phosphoric ester groups is 2. The number of aliphatic hydroxyl groups is 5. The number of carbonyl (C=O) groups excluding carboxylic acids is 2. The molecule has 374 valence electrons. The van der Waals surface area contributed by atoms with Crippen LogP contribution in [0.5, 0.6) is 0 Å². The van der Waals surface area contributed by atoms with E-state index in [1.165, 1.54) is 51.4 Å².